The van der Waals surface area contributed by atoms with Crippen molar-refractivity contribution in [3.8, 4) is 6.01 Å². The van der Waals surface area contributed by atoms with Crippen molar-refractivity contribution >= 4 is 34.4 Å². The monoisotopic (exact) mass is 368 g/mol. The second-order valence-corrected chi connectivity index (χ2v) is 6.41. The minimum Gasteiger partial charge on any atom is -0.467 e. The first-order valence-electron chi connectivity index (χ1n) is 8.67. The number of aromatic nitrogens is 5. The van der Waals surface area contributed by atoms with Crippen molar-refractivity contribution in [3.63, 3.8) is 0 Å². The molecular formula is C17H20N8O2. The number of benzene rings is 1. The number of hydrogen-bond donors (Lipinski definition) is 3. The third-order valence-electron chi connectivity index (χ3n) is 4.66. The van der Waals surface area contributed by atoms with E-state index in [-0.39, 0.29) is 17.8 Å². The number of rotatable bonds is 5. The maximum Gasteiger partial charge on any atom is 0.322 e. The van der Waals surface area contributed by atoms with Gasteiger partial charge in [0.2, 0.25) is 17.8 Å². The van der Waals surface area contributed by atoms with Gasteiger partial charge in [-0.3, -0.25) is 9.89 Å². The number of hydrogen-bond acceptors (Lipinski definition) is 8. The number of primary amides is 1. The highest BCUT2D eigenvalue weighted by Crippen LogP contribution is 2.24. The molecule has 10 heteroatoms. The molecule has 1 amide bonds. The lowest BCUT2D eigenvalue weighted by molar-refractivity contribution is -0.122. The van der Waals surface area contributed by atoms with Crippen molar-refractivity contribution in [3.05, 3.63) is 24.4 Å². The largest absolute Gasteiger partial charge is 0.467 e. The summed E-state index contributed by atoms with van der Waals surface area (Å²) in [6, 6.07) is 6.03. The van der Waals surface area contributed by atoms with E-state index in [9.17, 15) is 4.79 Å². The van der Waals surface area contributed by atoms with E-state index in [1.807, 2.05) is 23.1 Å². The second-order valence-electron chi connectivity index (χ2n) is 6.41. The van der Waals surface area contributed by atoms with Crippen molar-refractivity contribution in [1.82, 2.24) is 25.1 Å². The topological polar surface area (TPSA) is 135 Å². The van der Waals surface area contributed by atoms with E-state index < -0.39 is 0 Å². The predicted molar refractivity (Wildman–Crippen MR) is 99.9 cm³/mol. The molecule has 10 nitrogen and oxygen atoms in total. The number of nitrogens with one attached hydrogen (secondary N) is 2. The number of H-pyrrole nitrogens is 1. The number of carbonyl (C=O) groups is 1. The fourth-order valence-electron chi connectivity index (χ4n) is 3.14. The first-order valence-corrected chi connectivity index (χ1v) is 8.67. The van der Waals surface area contributed by atoms with Crippen molar-refractivity contribution in [2.45, 2.75) is 12.8 Å². The van der Waals surface area contributed by atoms with Crippen LogP contribution < -0.4 is 20.7 Å². The molecule has 0 bridgehead atoms. The van der Waals surface area contributed by atoms with Crippen molar-refractivity contribution in [2.24, 2.45) is 11.7 Å². The SMILES string of the molecule is COc1nc(Nc2ccc3cn[nH]c3c2)nc(N2CCC(C(N)=O)CC2)n1. The van der Waals surface area contributed by atoms with E-state index in [0.29, 0.717) is 37.8 Å². The van der Waals surface area contributed by atoms with Gasteiger partial charge in [0.05, 0.1) is 18.8 Å². The summed E-state index contributed by atoms with van der Waals surface area (Å²) in [5.74, 6) is 0.547. The Morgan fingerprint density at radius 2 is 2.11 bits per heavy atom. The molecule has 140 valence electrons. The lowest BCUT2D eigenvalue weighted by Crippen LogP contribution is -2.39. The molecule has 0 unspecified atom stereocenters. The predicted octanol–water partition coefficient (Wildman–Crippen LogP) is 1.20. The maximum atomic E-state index is 11.4. The first kappa shape index (κ1) is 17.0. The van der Waals surface area contributed by atoms with Gasteiger partial charge in [-0.1, -0.05) is 0 Å². The third-order valence-corrected chi connectivity index (χ3v) is 4.66. The van der Waals surface area contributed by atoms with Crippen LogP contribution in [0.5, 0.6) is 6.01 Å². The molecule has 0 aliphatic carbocycles. The lowest BCUT2D eigenvalue weighted by atomic mass is 9.96. The molecule has 4 N–H and O–H groups in total. The third kappa shape index (κ3) is 3.59. The Balaban J connectivity index is 1.56. The molecule has 27 heavy (non-hydrogen) atoms. The van der Waals surface area contributed by atoms with Crippen LogP contribution in [0.4, 0.5) is 17.6 Å². The van der Waals surface area contributed by atoms with E-state index in [1.165, 1.54) is 7.11 Å². The number of aromatic amines is 1. The molecule has 0 atom stereocenters. The summed E-state index contributed by atoms with van der Waals surface area (Å²) in [5.41, 5.74) is 7.13. The Kier molecular flexibility index (Phi) is 4.45. The summed E-state index contributed by atoms with van der Waals surface area (Å²) in [6.45, 7) is 1.31. The summed E-state index contributed by atoms with van der Waals surface area (Å²) < 4.78 is 5.22. The molecule has 1 aliphatic heterocycles. The average Bonchev–Trinajstić information content (AvgIpc) is 3.15. The fourth-order valence-corrected chi connectivity index (χ4v) is 3.14. The number of fused-ring (bicyclic) bond motifs is 1. The summed E-state index contributed by atoms with van der Waals surface area (Å²) >= 11 is 0. The van der Waals surface area contributed by atoms with Crippen molar-refractivity contribution < 1.29 is 9.53 Å². The summed E-state index contributed by atoms with van der Waals surface area (Å²) in [5, 5.41) is 11.1. The Morgan fingerprint density at radius 3 is 2.85 bits per heavy atom. The van der Waals surface area contributed by atoms with Gasteiger partial charge in [-0.2, -0.15) is 20.1 Å². The van der Waals surface area contributed by atoms with Crippen LogP contribution in [0.2, 0.25) is 0 Å². The molecule has 1 aliphatic rings. The van der Waals surface area contributed by atoms with Gasteiger partial charge in [0.1, 0.15) is 0 Å². The van der Waals surface area contributed by atoms with Gasteiger partial charge in [0.15, 0.2) is 0 Å². The van der Waals surface area contributed by atoms with Gasteiger partial charge in [0, 0.05) is 30.1 Å². The Hall–Kier alpha value is -3.43. The minimum absolute atomic E-state index is 0.0938. The molecule has 0 spiro atoms. The number of carbonyl (C=O) groups excluding carboxylic acids is 1. The van der Waals surface area contributed by atoms with Gasteiger partial charge in [-0.25, -0.2) is 0 Å². The highest BCUT2D eigenvalue weighted by Gasteiger charge is 2.25. The van der Waals surface area contributed by atoms with Crippen LogP contribution in [0.1, 0.15) is 12.8 Å². The zero-order valence-electron chi connectivity index (χ0n) is 14.8. The van der Waals surface area contributed by atoms with Crippen LogP contribution in [0.25, 0.3) is 10.9 Å². The quantitative estimate of drug-likeness (QED) is 0.611. The van der Waals surface area contributed by atoms with Crippen LogP contribution in [-0.4, -0.2) is 51.3 Å². The van der Waals surface area contributed by atoms with Crippen molar-refractivity contribution in [1.29, 1.82) is 0 Å². The number of amides is 1. The van der Waals surface area contributed by atoms with Crippen LogP contribution in [0, 0.1) is 5.92 Å². The van der Waals surface area contributed by atoms with E-state index >= 15 is 0 Å². The molecule has 2 aromatic heterocycles. The van der Waals surface area contributed by atoms with Crippen LogP contribution in [0.15, 0.2) is 24.4 Å². The van der Waals surface area contributed by atoms with E-state index in [2.05, 4.69) is 30.5 Å². The molecule has 4 rings (SSSR count). The number of nitrogens with two attached hydrogens (primary N) is 1. The van der Waals surface area contributed by atoms with E-state index in [0.717, 1.165) is 16.6 Å². The average molecular weight is 368 g/mol. The molecule has 3 aromatic rings. The molecular weight excluding hydrogens is 348 g/mol. The second kappa shape index (κ2) is 7.06. The molecule has 3 heterocycles. The summed E-state index contributed by atoms with van der Waals surface area (Å²) in [4.78, 5) is 26.5. The Labute approximate surface area is 155 Å². The molecule has 0 radical (unpaired) electrons. The highest BCUT2D eigenvalue weighted by molar-refractivity contribution is 5.82. The summed E-state index contributed by atoms with van der Waals surface area (Å²) in [7, 11) is 1.51. The normalized spacial score (nSPS) is 15.1. The van der Waals surface area contributed by atoms with Crippen LogP contribution >= 0.6 is 0 Å². The van der Waals surface area contributed by atoms with Gasteiger partial charge in [-0.15, -0.1) is 0 Å². The zero-order valence-corrected chi connectivity index (χ0v) is 14.8. The molecule has 1 saturated heterocycles. The van der Waals surface area contributed by atoms with Gasteiger partial charge in [0.25, 0.3) is 0 Å². The first-order chi connectivity index (χ1) is 13.1. The van der Waals surface area contributed by atoms with E-state index in [4.69, 9.17) is 10.5 Å². The zero-order chi connectivity index (χ0) is 18.8. The Morgan fingerprint density at radius 1 is 1.30 bits per heavy atom. The number of ether oxygens (including phenoxy) is 1. The molecule has 1 aromatic carbocycles. The number of anilines is 3. The smallest absolute Gasteiger partial charge is 0.322 e. The van der Waals surface area contributed by atoms with Crippen LogP contribution in [-0.2, 0) is 4.79 Å². The van der Waals surface area contributed by atoms with Crippen molar-refractivity contribution in [2.75, 3.05) is 30.4 Å². The summed E-state index contributed by atoms with van der Waals surface area (Å²) in [6.07, 6.45) is 3.13. The standard InChI is InChI=1S/C17H20N8O2/c1-27-17-22-15(20-12-3-2-11-9-19-24-13(11)8-12)21-16(23-17)25-6-4-10(5-7-25)14(18)26/h2-3,8-10H,4-7H2,1H3,(H2,18,26)(H,19,24)(H,20,21,22,23). The van der Waals surface area contributed by atoms with Crippen LogP contribution in [0.3, 0.4) is 0 Å². The number of nitrogens with zero attached hydrogens (tertiary/aromatic N) is 5. The Bertz CT molecular complexity index is 964. The number of piperidine rings is 1. The molecule has 1 fully saturated rings. The molecule has 0 saturated carbocycles. The van der Waals surface area contributed by atoms with E-state index in [1.54, 1.807) is 6.20 Å². The lowest BCUT2D eigenvalue weighted by Gasteiger charge is -2.30. The number of methoxy groups -OCH3 is 1. The van der Waals surface area contributed by atoms with Gasteiger partial charge < -0.3 is 20.7 Å². The fraction of sp³-hybridized carbons (Fsp3) is 0.353. The van der Waals surface area contributed by atoms with Gasteiger partial charge >= 0.3 is 6.01 Å². The van der Waals surface area contributed by atoms with Gasteiger partial charge in [-0.05, 0) is 31.0 Å². The minimum atomic E-state index is -0.251. The maximum absolute atomic E-state index is 11.4. The highest BCUT2D eigenvalue weighted by atomic mass is 16.5.